The molecule has 2 aromatic carbocycles. The zero-order valence-corrected chi connectivity index (χ0v) is 18.2. The molecular formula is C21H20BrN3O5. The first-order valence-corrected chi connectivity index (χ1v) is 9.74. The molecule has 1 aliphatic heterocycles. The van der Waals surface area contributed by atoms with Gasteiger partial charge in [-0.15, -0.1) is 0 Å². The molecule has 8 nitrogen and oxygen atoms in total. The molecule has 2 N–H and O–H groups in total. The normalized spacial score (nSPS) is 14.7. The van der Waals surface area contributed by atoms with Gasteiger partial charge in [0.1, 0.15) is 12.2 Å². The Kier molecular flexibility index (Phi) is 6.41. The number of imide groups is 1. The van der Waals surface area contributed by atoms with Crippen molar-refractivity contribution in [2.45, 2.75) is 6.92 Å². The van der Waals surface area contributed by atoms with E-state index in [0.717, 1.165) is 10.5 Å². The van der Waals surface area contributed by atoms with E-state index in [1.807, 2.05) is 19.1 Å². The number of ether oxygens (including phenoxy) is 2. The Bertz CT molecular complexity index is 1030. The third-order valence-corrected chi connectivity index (χ3v) is 5.09. The number of rotatable bonds is 6. The summed E-state index contributed by atoms with van der Waals surface area (Å²) in [6.07, 6.45) is 1.50. The van der Waals surface area contributed by atoms with Crippen molar-refractivity contribution in [1.82, 2.24) is 10.2 Å². The number of benzene rings is 2. The van der Waals surface area contributed by atoms with E-state index in [1.54, 1.807) is 24.3 Å². The van der Waals surface area contributed by atoms with E-state index in [2.05, 4.69) is 26.6 Å². The molecule has 0 aromatic heterocycles. The number of urea groups is 1. The smallest absolute Gasteiger partial charge is 0.329 e. The van der Waals surface area contributed by atoms with Crippen molar-refractivity contribution in [2.75, 3.05) is 26.1 Å². The van der Waals surface area contributed by atoms with Crippen LogP contribution in [0.4, 0.5) is 10.5 Å². The Labute approximate surface area is 182 Å². The molecule has 156 valence electrons. The molecule has 3 rings (SSSR count). The van der Waals surface area contributed by atoms with Crippen LogP contribution in [-0.4, -0.2) is 43.5 Å². The van der Waals surface area contributed by atoms with Gasteiger partial charge in [-0.05, 0) is 42.8 Å². The second kappa shape index (κ2) is 9.00. The molecule has 0 spiro atoms. The first-order chi connectivity index (χ1) is 14.3. The van der Waals surface area contributed by atoms with Gasteiger partial charge in [-0.3, -0.25) is 9.59 Å². The lowest BCUT2D eigenvalue weighted by molar-refractivity contribution is -0.127. The molecule has 1 saturated heterocycles. The highest BCUT2D eigenvalue weighted by molar-refractivity contribution is 9.10. The molecular weight excluding hydrogens is 454 g/mol. The van der Waals surface area contributed by atoms with Gasteiger partial charge < -0.3 is 20.1 Å². The highest BCUT2D eigenvalue weighted by atomic mass is 79.9. The number of hydrogen-bond acceptors (Lipinski definition) is 5. The largest absolute Gasteiger partial charge is 0.493 e. The maximum absolute atomic E-state index is 12.7. The van der Waals surface area contributed by atoms with E-state index in [-0.39, 0.29) is 5.70 Å². The van der Waals surface area contributed by atoms with Crippen LogP contribution in [0.3, 0.4) is 0 Å². The summed E-state index contributed by atoms with van der Waals surface area (Å²) in [4.78, 5) is 38.0. The summed E-state index contributed by atoms with van der Waals surface area (Å²) in [5.41, 5.74) is 2.29. The number of aryl methyl sites for hydroxylation is 1. The number of nitrogens with one attached hydrogen (secondary N) is 2. The molecule has 30 heavy (non-hydrogen) atoms. The van der Waals surface area contributed by atoms with Crippen LogP contribution in [-0.2, 0) is 9.59 Å². The Morgan fingerprint density at radius 2 is 1.77 bits per heavy atom. The number of carbonyl (C=O) groups is 3. The molecule has 1 heterocycles. The average molecular weight is 474 g/mol. The molecule has 1 fully saturated rings. The van der Waals surface area contributed by atoms with Crippen molar-refractivity contribution in [3.05, 3.63) is 57.7 Å². The molecule has 0 unspecified atom stereocenters. The van der Waals surface area contributed by atoms with Crippen LogP contribution in [0.1, 0.15) is 11.1 Å². The molecule has 0 saturated carbocycles. The first-order valence-electron chi connectivity index (χ1n) is 8.95. The van der Waals surface area contributed by atoms with Crippen molar-refractivity contribution in [3.63, 3.8) is 0 Å². The number of hydrogen-bond donors (Lipinski definition) is 2. The third-order valence-electron chi connectivity index (χ3n) is 4.40. The fourth-order valence-electron chi connectivity index (χ4n) is 2.83. The van der Waals surface area contributed by atoms with E-state index in [9.17, 15) is 14.4 Å². The summed E-state index contributed by atoms with van der Waals surface area (Å²) in [5.74, 6) is -0.0852. The fraction of sp³-hybridized carbons (Fsp3) is 0.190. The molecule has 0 bridgehead atoms. The summed E-state index contributed by atoms with van der Waals surface area (Å²) in [7, 11) is 3.02. The average Bonchev–Trinajstić information content (AvgIpc) is 2.98. The van der Waals surface area contributed by atoms with Gasteiger partial charge in [-0.25, -0.2) is 9.69 Å². The second-order valence-electron chi connectivity index (χ2n) is 6.52. The van der Waals surface area contributed by atoms with Gasteiger partial charge >= 0.3 is 6.03 Å². The number of amides is 4. The van der Waals surface area contributed by atoms with E-state index < -0.39 is 24.4 Å². The third kappa shape index (κ3) is 4.62. The minimum absolute atomic E-state index is 0.0519. The van der Waals surface area contributed by atoms with E-state index in [4.69, 9.17) is 9.47 Å². The quantitative estimate of drug-likeness (QED) is 0.495. The predicted octanol–water partition coefficient (Wildman–Crippen LogP) is 3.31. The zero-order chi connectivity index (χ0) is 21.8. The molecule has 1 aliphatic rings. The number of carbonyl (C=O) groups excluding carboxylic acids is 3. The maximum Gasteiger partial charge on any atom is 0.329 e. The summed E-state index contributed by atoms with van der Waals surface area (Å²) >= 11 is 3.41. The summed E-state index contributed by atoms with van der Waals surface area (Å²) in [5, 5.41) is 5.17. The van der Waals surface area contributed by atoms with Gasteiger partial charge in [-0.2, -0.15) is 0 Å². The Hall–Kier alpha value is -3.33. The minimum atomic E-state index is -0.665. The van der Waals surface area contributed by atoms with Crippen LogP contribution >= 0.6 is 15.9 Å². The van der Waals surface area contributed by atoms with Crippen LogP contribution < -0.4 is 20.1 Å². The lowest BCUT2D eigenvalue weighted by Crippen LogP contribution is -2.38. The molecule has 2 aromatic rings. The van der Waals surface area contributed by atoms with Crippen molar-refractivity contribution >= 4 is 45.5 Å². The monoisotopic (exact) mass is 473 g/mol. The number of methoxy groups -OCH3 is 2. The summed E-state index contributed by atoms with van der Waals surface area (Å²) in [6, 6.07) is 9.90. The number of nitrogens with zero attached hydrogens (tertiary/aromatic N) is 1. The number of anilines is 1. The van der Waals surface area contributed by atoms with Crippen molar-refractivity contribution in [3.8, 4) is 11.5 Å². The molecule has 4 amide bonds. The minimum Gasteiger partial charge on any atom is -0.493 e. The van der Waals surface area contributed by atoms with Crippen LogP contribution in [0.15, 0.2) is 46.6 Å². The van der Waals surface area contributed by atoms with Gasteiger partial charge in [0.25, 0.3) is 5.91 Å². The maximum atomic E-state index is 12.7. The SMILES string of the molecule is COc1cc(Br)c(/C=C2/NC(=O)N(CC(=O)Nc3ccc(C)cc3)C2=O)cc1OC. The van der Waals surface area contributed by atoms with Crippen LogP contribution in [0.2, 0.25) is 0 Å². The van der Waals surface area contributed by atoms with Crippen molar-refractivity contribution < 1.29 is 23.9 Å². The Morgan fingerprint density at radius 3 is 2.40 bits per heavy atom. The molecule has 0 radical (unpaired) electrons. The first kappa shape index (κ1) is 21.4. The van der Waals surface area contributed by atoms with Crippen LogP contribution in [0.25, 0.3) is 6.08 Å². The van der Waals surface area contributed by atoms with E-state index in [1.165, 1.54) is 20.3 Å². The van der Waals surface area contributed by atoms with Crippen molar-refractivity contribution in [2.24, 2.45) is 0 Å². The highest BCUT2D eigenvalue weighted by Crippen LogP contribution is 2.34. The van der Waals surface area contributed by atoms with E-state index >= 15 is 0 Å². The van der Waals surface area contributed by atoms with Gasteiger partial charge in [0, 0.05) is 10.2 Å². The fourth-order valence-corrected chi connectivity index (χ4v) is 3.27. The predicted molar refractivity (Wildman–Crippen MR) is 115 cm³/mol. The molecule has 0 aliphatic carbocycles. The lowest BCUT2D eigenvalue weighted by Gasteiger charge is -2.12. The van der Waals surface area contributed by atoms with E-state index in [0.29, 0.717) is 27.2 Å². The zero-order valence-electron chi connectivity index (χ0n) is 16.6. The second-order valence-corrected chi connectivity index (χ2v) is 7.38. The van der Waals surface area contributed by atoms with Crippen molar-refractivity contribution in [1.29, 1.82) is 0 Å². The Morgan fingerprint density at radius 1 is 1.13 bits per heavy atom. The highest BCUT2D eigenvalue weighted by Gasteiger charge is 2.35. The summed E-state index contributed by atoms with van der Waals surface area (Å²) in [6.45, 7) is 1.53. The van der Waals surface area contributed by atoms with Gasteiger partial charge in [0.05, 0.1) is 14.2 Å². The molecule has 9 heteroatoms. The van der Waals surface area contributed by atoms with Crippen LogP contribution in [0.5, 0.6) is 11.5 Å². The number of halogens is 1. The summed E-state index contributed by atoms with van der Waals surface area (Å²) < 4.78 is 11.1. The topological polar surface area (TPSA) is 97.0 Å². The van der Waals surface area contributed by atoms with Crippen LogP contribution in [0, 0.1) is 6.92 Å². The standard InChI is InChI=1S/C21H20BrN3O5/c1-12-4-6-14(7-5-12)23-19(26)11-25-20(27)16(24-21(25)28)8-13-9-17(29-2)18(30-3)10-15(13)22/h4-10H,11H2,1-3H3,(H,23,26)(H,24,28)/b16-8+. The molecule has 0 atom stereocenters. The Balaban J connectivity index is 1.76. The van der Waals surface area contributed by atoms with Gasteiger partial charge in [0.2, 0.25) is 5.91 Å². The van der Waals surface area contributed by atoms with Gasteiger partial charge in [-0.1, -0.05) is 33.6 Å². The van der Waals surface area contributed by atoms with Gasteiger partial charge in [0.15, 0.2) is 11.5 Å². The lowest BCUT2D eigenvalue weighted by atomic mass is 10.1.